The van der Waals surface area contributed by atoms with E-state index in [0.29, 0.717) is 30.0 Å². The molecule has 3 aliphatic rings. The highest BCUT2D eigenvalue weighted by atomic mass is 35.5. The van der Waals surface area contributed by atoms with E-state index >= 15 is 0 Å². The van der Waals surface area contributed by atoms with Gasteiger partial charge in [0.25, 0.3) is 0 Å². The minimum absolute atomic E-state index is 0.0542. The van der Waals surface area contributed by atoms with Gasteiger partial charge in [0.15, 0.2) is 11.5 Å². The molecule has 0 aromatic heterocycles. The van der Waals surface area contributed by atoms with E-state index in [2.05, 4.69) is 15.1 Å². The van der Waals surface area contributed by atoms with Crippen molar-refractivity contribution in [1.82, 2.24) is 15.1 Å². The monoisotopic (exact) mass is 379 g/mol. The first kappa shape index (κ1) is 17.9. The van der Waals surface area contributed by atoms with E-state index in [-0.39, 0.29) is 11.9 Å². The Morgan fingerprint density at radius 2 is 1.96 bits per heavy atom. The fourth-order valence-corrected chi connectivity index (χ4v) is 3.83. The lowest BCUT2D eigenvalue weighted by Crippen LogP contribution is -2.53. The van der Waals surface area contributed by atoms with Crippen molar-refractivity contribution in [1.29, 1.82) is 0 Å². The fraction of sp³-hybridized carbons (Fsp3) is 0.632. The standard InChI is InChI=1S/C19H26ClN3O3/c1-13(19(24)21-15-2-3-15)23-6-4-22(5-7-23)12-14-10-16(20)18-17(11-14)25-8-9-26-18/h10-11,13,15H,2-9,12H2,1H3,(H,21,24). The maximum absolute atomic E-state index is 12.2. The molecule has 1 saturated heterocycles. The van der Waals surface area contributed by atoms with Crippen LogP contribution in [0.15, 0.2) is 12.1 Å². The van der Waals surface area contributed by atoms with Crippen LogP contribution in [0.25, 0.3) is 0 Å². The lowest BCUT2D eigenvalue weighted by molar-refractivity contribution is -0.126. The van der Waals surface area contributed by atoms with Gasteiger partial charge in [-0.1, -0.05) is 11.6 Å². The van der Waals surface area contributed by atoms with Crippen LogP contribution in [0.2, 0.25) is 5.02 Å². The molecular formula is C19H26ClN3O3. The molecule has 1 aromatic rings. The highest BCUT2D eigenvalue weighted by Crippen LogP contribution is 2.38. The minimum atomic E-state index is -0.0542. The van der Waals surface area contributed by atoms with Crippen molar-refractivity contribution in [3.05, 3.63) is 22.7 Å². The van der Waals surface area contributed by atoms with Crippen LogP contribution in [0.4, 0.5) is 0 Å². The van der Waals surface area contributed by atoms with Crippen LogP contribution in [0.1, 0.15) is 25.3 Å². The predicted molar refractivity (Wildman–Crippen MR) is 99.9 cm³/mol. The summed E-state index contributed by atoms with van der Waals surface area (Å²) < 4.78 is 11.2. The number of nitrogens with one attached hydrogen (secondary N) is 1. The molecule has 4 rings (SSSR count). The lowest BCUT2D eigenvalue weighted by Gasteiger charge is -2.37. The predicted octanol–water partition coefficient (Wildman–Crippen LogP) is 1.90. The Hall–Kier alpha value is -1.50. The largest absolute Gasteiger partial charge is 0.486 e. The number of ether oxygens (including phenoxy) is 2. The molecule has 6 nitrogen and oxygen atoms in total. The molecule has 1 atom stereocenters. The first-order valence-electron chi connectivity index (χ1n) is 9.45. The molecule has 1 saturated carbocycles. The molecule has 1 unspecified atom stereocenters. The SMILES string of the molecule is CC(C(=O)NC1CC1)N1CCN(Cc2cc(Cl)c3c(c2)OCCO3)CC1. The summed E-state index contributed by atoms with van der Waals surface area (Å²) in [5.74, 6) is 1.56. The van der Waals surface area contributed by atoms with E-state index in [4.69, 9.17) is 21.1 Å². The normalized spacial score (nSPS) is 22.1. The number of hydrogen-bond acceptors (Lipinski definition) is 5. The second-order valence-corrected chi connectivity index (χ2v) is 7.78. The number of benzene rings is 1. The highest BCUT2D eigenvalue weighted by Gasteiger charge is 2.30. The van der Waals surface area contributed by atoms with E-state index in [9.17, 15) is 4.79 Å². The van der Waals surface area contributed by atoms with Crippen LogP contribution >= 0.6 is 11.6 Å². The molecule has 1 aliphatic carbocycles. The molecule has 0 bridgehead atoms. The summed E-state index contributed by atoms with van der Waals surface area (Å²) in [7, 11) is 0. The maximum atomic E-state index is 12.2. The molecule has 0 radical (unpaired) electrons. The van der Waals surface area contributed by atoms with Crippen molar-refractivity contribution >= 4 is 17.5 Å². The quantitative estimate of drug-likeness (QED) is 0.846. The van der Waals surface area contributed by atoms with Crippen LogP contribution < -0.4 is 14.8 Å². The number of hydrogen-bond donors (Lipinski definition) is 1. The fourth-order valence-electron chi connectivity index (χ4n) is 3.54. The van der Waals surface area contributed by atoms with Crippen molar-refractivity contribution in [3.8, 4) is 11.5 Å². The molecule has 1 aromatic carbocycles. The lowest BCUT2D eigenvalue weighted by atomic mass is 10.1. The molecule has 0 spiro atoms. The van der Waals surface area contributed by atoms with Gasteiger partial charge in [0, 0.05) is 38.8 Å². The molecule has 1 N–H and O–H groups in total. The summed E-state index contributed by atoms with van der Waals surface area (Å²) in [4.78, 5) is 16.9. The average Bonchev–Trinajstić information content (AvgIpc) is 3.46. The first-order chi connectivity index (χ1) is 12.6. The zero-order valence-corrected chi connectivity index (χ0v) is 15.9. The van der Waals surface area contributed by atoms with Gasteiger partial charge in [0.05, 0.1) is 11.1 Å². The van der Waals surface area contributed by atoms with Crippen LogP contribution in [0, 0.1) is 0 Å². The third-order valence-electron chi connectivity index (χ3n) is 5.32. The topological polar surface area (TPSA) is 54.0 Å². The molecule has 7 heteroatoms. The van der Waals surface area contributed by atoms with Gasteiger partial charge >= 0.3 is 0 Å². The molecular weight excluding hydrogens is 354 g/mol. The average molecular weight is 380 g/mol. The summed E-state index contributed by atoms with van der Waals surface area (Å²) in [5, 5.41) is 3.71. The van der Waals surface area contributed by atoms with Gasteiger partial charge < -0.3 is 14.8 Å². The maximum Gasteiger partial charge on any atom is 0.237 e. The Labute approximate surface area is 159 Å². The molecule has 2 heterocycles. The van der Waals surface area contributed by atoms with Crippen LogP contribution in [-0.2, 0) is 11.3 Å². The molecule has 1 amide bonds. The van der Waals surface area contributed by atoms with Crippen molar-refractivity contribution in [2.75, 3.05) is 39.4 Å². The number of carbonyl (C=O) groups is 1. The zero-order chi connectivity index (χ0) is 18.1. The van der Waals surface area contributed by atoms with Gasteiger partial charge in [-0.05, 0) is 37.5 Å². The van der Waals surface area contributed by atoms with E-state index in [1.54, 1.807) is 0 Å². The third kappa shape index (κ3) is 4.08. The number of carbonyl (C=O) groups excluding carboxylic acids is 1. The number of nitrogens with zero attached hydrogens (tertiary/aromatic N) is 2. The van der Waals surface area contributed by atoms with Gasteiger partial charge in [-0.25, -0.2) is 0 Å². The van der Waals surface area contributed by atoms with E-state index < -0.39 is 0 Å². The minimum Gasteiger partial charge on any atom is -0.486 e. The molecule has 142 valence electrons. The van der Waals surface area contributed by atoms with E-state index in [1.165, 1.54) is 0 Å². The third-order valence-corrected chi connectivity index (χ3v) is 5.60. The Bertz CT molecular complexity index is 672. The Morgan fingerprint density at radius 3 is 2.69 bits per heavy atom. The van der Waals surface area contributed by atoms with E-state index in [1.807, 2.05) is 19.1 Å². The number of fused-ring (bicyclic) bond motifs is 1. The highest BCUT2D eigenvalue weighted by molar-refractivity contribution is 6.32. The Morgan fingerprint density at radius 1 is 1.23 bits per heavy atom. The second kappa shape index (κ2) is 7.62. The number of rotatable bonds is 5. The Balaban J connectivity index is 1.31. The summed E-state index contributed by atoms with van der Waals surface area (Å²) >= 11 is 6.33. The van der Waals surface area contributed by atoms with E-state index in [0.717, 1.165) is 56.9 Å². The smallest absolute Gasteiger partial charge is 0.237 e. The van der Waals surface area contributed by atoms with Crippen LogP contribution in [-0.4, -0.2) is 67.2 Å². The summed E-state index contributed by atoms with van der Waals surface area (Å²) in [6.45, 7) is 7.61. The van der Waals surface area contributed by atoms with Crippen LogP contribution in [0.5, 0.6) is 11.5 Å². The van der Waals surface area contributed by atoms with Crippen molar-refractivity contribution in [3.63, 3.8) is 0 Å². The van der Waals surface area contributed by atoms with Gasteiger partial charge in [-0.3, -0.25) is 14.6 Å². The second-order valence-electron chi connectivity index (χ2n) is 7.37. The van der Waals surface area contributed by atoms with Crippen molar-refractivity contribution in [2.24, 2.45) is 0 Å². The number of halogens is 1. The van der Waals surface area contributed by atoms with Gasteiger partial charge in [0.1, 0.15) is 13.2 Å². The van der Waals surface area contributed by atoms with Gasteiger partial charge in [-0.2, -0.15) is 0 Å². The number of piperazine rings is 1. The molecule has 2 fully saturated rings. The molecule has 2 aliphatic heterocycles. The van der Waals surface area contributed by atoms with Gasteiger partial charge in [0.2, 0.25) is 5.91 Å². The Kier molecular flexibility index (Phi) is 5.25. The van der Waals surface area contributed by atoms with Gasteiger partial charge in [-0.15, -0.1) is 0 Å². The van der Waals surface area contributed by atoms with Crippen molar-refractivity contribution in [2.45, 2.75) is 38.4 Å². The summed E-state index contributed by atoms with van der Waals surface area (Å²) in [5.41, 5.74) is 1.13. The number of amides is 1. The summed E-state index contributed by atoms with van der Waals surface area (Å²) in [6, 6.07) is 4.36. The first-order valence-corrected chi connectivity index (χ1v) is 9.83. The van der Waals surface area contributed by atoms with Crippen molar-refractivity contribution < 1.29 is 14.3 Å². The van der Waals surface area contributed by atoms with Crippen LogP contribution in [0.3, 0.4) is 0 Å². The summed E-state index contributed by atoms with van der Waals surface area (Å²) in [6.07, 6.45) is 2.26. The molecule has 26 heavy (non-hydrogen) atoms. The zero-order valence-electron chi connectivity index (χ0n) is 15.2.